The van der Waals surface area contributed by atoms with Gasteiger partial charge in [0.1, 0.15) is 23.1 Å². The molecule has 0 radical (unpaired) electrons. The Kier molecular flexibility index (Phi) is 5.16. The molecule has 0 aliphatic carbocycles. The number of rotatable bonds is 5. The molecule has 4 aromatic rings. The summed E-state index contributed by atoms with van der Waals surface area (Å²) in [4.78, 5) is 4.09. The molecule has 0 spiro atoms. The summed E-state index contributed by atoms with van der Waals surface area (Å²) in [5.74, 6) is -1.76. The van der Waals surface area contributed by atoms with E-state index in [0.717, 1.165) is 23.3 Å². The van der Waals surface area contributed by atoms with Crippen LogP contribution in [0.1, 0.15) is 23.6 Å². The zero-order valence-electron chi connectivity index (χ0n) is 15.6. The van der Waals surface area contributed by atoms with Crippen LogP contribution < -0.4 is 0 Å². The van der Waals surface area contributed by atoms with Crippen LogP contribution in [0.5, 0.6) is 0 Å². The lowest BCUT2D eigenvalue weighted by molar-refractivity contribution is 0.431. The zero-order valence-corrected chi connectivity index (χ0v) is 15.6. The fraction of sp³-hybridized carbons (Fsp3) is 0.130. The number of hydrogen-bond acceptors (Lipinski definition) is 3. The Bertz CT molecular complexity index is 1160. The van der Waals surface area contributed by atoms with Crippen LogP contribution in [-0.4, -0.2) is 10.1 Å². The van der Waals surface area contributed by atoms with Crippen LogP contribution in [0, 0.1) is 17.5 Å². The number of aryl methyl sites for hydroxylation is 1. The number of nitrogens with zero attached hydrogens (tertiary/aromatic N) is 2. The van der Waals surface area contributed by atoms with Gasteiger partial charge in [0.25, 0.3) is 0 Å². The standard InChI is InChI=1S/C23H17F3N2O/c1-2-14-5-7-17(20(25)11-14)22-19(10-15-4-3-9-27-13-15)23(29-28-22)18-8-6-16(24)12-21(18)26/h3-9,11-13H,2,10H2,1H3. The molecule has 4 rings (SSSR count). The maximum atomic E-state index is 14.8. The number of hydrogen-bond donors (Lipinski definition) is 0. The summed E-state index contributed by atoms with van der Waals surface area (Å²) < 4.78 is 48.0. The average Bonchev–Trinajstić information content (AvgIpc) is 3.11. The molecule has 2 aromatic heterocycles. The molecule has 0 aliphatic rings. The van der Waals surface area contributed by atoms with Crippen LogP contribution in [0.25, 0.3) is 22.6 Å². The molecule has 0 N–H and O–H groups in total. The van der Waals surface area contributed by atoms with E-state index in [0.29, 0.717) is 18.4 Å². The predicted octanol–water partition coefficient (Wildman–Crippen LogP) is 5.97. The van der Waals surface area contributed by atoms with Crippen molar-refractivity contribution >= 4 is 0 Å². The second kappa shape index (κ2) is 7.91. The van der Waals surface area contributed by atoms with Crippen molar-refractivity contribution < 1.29 is 17.7 Å². The lowest BCUT2D eigenvalue weighted by Crippen LogP contribution is -1.96. The first-order valence-electron chi connectivity index (χ1n) is 9.18. The van der Waals surface area contributed by atoms with Crippen molar-refractivity contribution in [2.75, 3.05) is 0 Å². The Hall–Kier alpha value is -3.41. The molecule has 2 aromatic carbocycles. The van der Waals surface area contributed by atoms with Gasteiger partial charge in [0.15, 0.2) is 5.76 Å². The van der Waals surface area contributed by atoms with Crippen LogP contribution in [0.2, 0.25) is 0 Å². The molecule has 146 valence electrons. The van der Waals surface area contributed by atoms with Gasteiger partial charge in [-0.2, -0.15) is 0 Å². The maximum Gasteiger partial charge on any atom is 0.173 e. The van der Waals surface area contributed by atoms with Gasteiger partial charge in [0.05, 0.1) is 5.56 Å². The maximum absolute atomic E-state index is 14.8. The van der Waals surface area contributed by atoms with Crippen LogP contribution in [0.4, 0.5) is 13.2 Å². The molecule has 0 amide bonds. The first-order chi connectivity index (χ1) is 14.1. The highest BCUT2D eigenvalue weighted by Gasteiger charge is 2.23. The molecule has 0 fully saturated rings. The van der Waals surface area contributed by atoms with Crippen LogP contribution in [0.3, 0.4) is 0 Å². The first kappa shape index (κ1) is 18.9. The Morgan fingerprint density at radius 1 is 0.897 bits per heavy atom. The molecule has 0 aliphatic heterocycles. The van der Waals surface area contributed by atoms with E-state index in [1.54, 1.807) is 24.5 Å². The van der Waals surface area contributed by atoms with Gasteiger partial charge in [-0.1, -0.05) is 24.2 Å². The first-order valence-corrected chi connectivity index (χ1v) is 9.18. The van der Waals surface area contributed by atoms with E-state index < -0.39 is 17.5 Å². The minimum atomic E-state index is -0.776. The number of pyridine rings is 1. The molecule has 29 heavy (non-hydrogen) atoms. The molecule has 0 atom stereocenters. The van der Waals surface area contributed by atoms with Gasteiger partial charge in [-0.05, 0) is 47.9 Å². The minimum Gasteiger partial charge on any atom is -0.355 e. The molecular formula is C23H17F3N2O. The predicted molar refractivity (Wildman–Crippen MR) is 104 cm³/mol. The van der Waals surface area contributed by atoms with E-state index >= 15 is 0 Å². The van der Waals surface area contributed by atoms with E-state index in [2.05, 4.69) is 10.1 Å². The molecule has 0 unspecified atom stereocenters. The van der Waals surface area contributed by atoms with Crippen LogP contribution in [0.15, 0.2) is 65.4 Å². The summed E-state index contributed by atoms with van der Waals surface area (Å²) in [6, 6.07) is 11.8. The fourth-order valence-electron chi connectivity index (χ4n) is 3.25. The summed E-state index contributed by atoms with van der Waals surface area (Å²) in [6.07, 6.45) is 4.30. The average molecular weight is 394 g/mol. The molecule has 0 saturated carbocycles. The third kappa shape index (κ3) is 3.78. The van der Waals surface area contributed by atoms with Gasteiger partial charge < -0.3 is 4.52 Å². The number of benzene rings is 2. The minimum absolute atomic E-state index is 0.0645. The molecule has 0 saturated heterocycles. The molecule has 3 nitrogen and oxygen atoms in total. The summed E-state index contributed by atoms with van der Waals surface area (Å²) in [7, 11) is 0. The topological polar surface area (TPSA) is 38.9 Å². The van der Waals surface area contributed by atoms with E-state index in [9.17, 15) is 13.2 Å². The van der Waals surface area contributed by atoms with Gasteiger partial charge in [-0.15, -0.1) is 0 Å². The van der Waals surface area contributed by atoms with Crippen LogP contribution >= 0.6 is 0 Å². The van der Waals surface area contributed by atoms with Crippen molar-refractivity contribution in [3.8, 4) is 22.6 Å². The van der Waals surface area contributed by atoms with Gasteiger partial charge in [-0.3, -0.25) is 4.98 Å². The third-order valence-electron chi connectivity index (χ3n) is 4.76. The highest BCUT2D eigenvalue weighted by molar-refractivity contribution is 5.74. The van der Waals surface area contributed by atoms with E-state index in [1.807, 2.05) is 19.1 Å². The third-order valence-corrected chi connectivity index (χ3v) is 4.76. The second-order valence-corrected chi connectivity index (χ2v) is 6.67. The monoisotopic (exact) mass is 394 g/mol. The van der Waals surface area contributed by atoms with Crippen molar-refractivity contribution in [1.82, 2.24) is 10.1 Å². The smallest absolute Gasteiger partial charge is 0.173 e. The van der Waals surface area contributed by atoms with Gasteiger partial charge in [-0.25, -0.2) is 13.2 Å². The Labute approximate surface area is 165 Å². The Morgan fingerprint density at radius 2 is 1.69 bits per heavy atom. The van der Waals surface area contributed by atoms with Crippen molar-refractivity contribution in [3.05, 3.63) is 95.1 Å². The SMILES string of the molecule is CCc1ccc(-c2noc(-c3ccc(F)cc3F)c2Cc2cccnc2)c(F)c1. The summed E-state index contributed by atoms with van der Waals surface area (Å²) in [5, 5.41) is 4.04. The highest BCUT2D eigenvalue weighted by atomic mass is 19.1. The van der Waals surface area contributed by atoms with Crippen molar-refractivity contribution in [2.45, 2.75) is 19.8 Å². The molecular weight excluding hydrogens is 377 g/mol. The van der Waals surface area contributed by atoms with Gasteiger partial charge in [0, 0.05) is 36.0 Å². The summed E-state index contributed by atoms with van der Waals surface area (Å²) >= 11 is 0. The number of aromatic nitrogens is 2. The lowest BCUT2D eigenvalue weighted by Gasteiger charge is -2.07. The Balaban J connectivity index is 1.89. The molecule has 6 heteroatoms. The van der Waals surface area contributed by atoms with Crippen molar-refractivity contribution in [1.29, 1.82) is 0 Å². The summed E-state index contributed by atoms with van der Waals surface area (Å²) in [6.45, 7) is 1.94. The second-order valence-electron chi connectivity index (χ2n) is 6.67. The largest absolute Gasteiger partial charge is 0.355 e. The molecule has 0 bridgehead atoms. The van der Waals surface area contributed by atoms with Crippen molar-refractivity contribution in [3.63, 3.8) is 0 Å². The highest BCUT2D eigenvalue weighted by Crippen LogP contribution is 2.36. The van der Waals surface area contributed by atoms with E-state index in [-0.39, 0.29) is 22.6 Å². The zero-order chi connectivity index (χ0) is 20.4. The quantitative estimate of drug-likeness (QED) is 0.418. The van der Waals surface area contributed by atoms with E-state index in [1.165, 1.54) is 12.1 Å². The van der Waals surface area contributed by atoms with Crippen molar-refractivity contribution in [2.24, 2.45) is 0 Å². The normalized spacial score (nSPS) is 11.0. The lowest BCUT2D eigenvalue weighted by atomic mass is 9.96. The molecule has 2 heterocycles. The Morgan fingerprint density at radius 3 is 2.38 bits per heavy atom. The fourth-order valence-corrected chi connectivity index (χ4v) is 3.25. The van der Waals surface area contributed by atoms with E-state index in [4.69, 9.17) is 4.52 Å². The number of halogens is 3. The van der Waals surface area contributed by atoms with Gasteiger partial charge in [0.2, 0.25) is 0 Å². The summed E-state index contributed by atoms with van der Waals surface area (Å²) in [5.41, 5.74) is 2.80. The van der Waals surface area contributed by atoms with Crippen LogP contribution in [-0.2, 0) is 12.8 Å². The van der Waals surface area contributed by atoms with Gasteiger partial charge >= 0.3 is 0 Å².